The number of hydrogen-bond donors (Lipinski definition) is 1. The predicted octanol–water partition coefficient (Wildman–Crippen LogP) is 4.76. The number of halogens is 3. The Balaban J connectivity index is 2.05. The monoisotopic (exact) mass is 457 g/mol. The van der Waals surface area contributed by atoms with Gasteiger partial charge in [0.2, 0.25) is 10.0 Å². The number of benzene rings is 2. The topological polar surface area (TPSA) is 74.7 Å². The van der Waals surface area contributed by atoms with Gasteiger partial charge in [-0.15, -0.1) is 0 Å². The third kappa shape index (κ3) is 7.36. The average molecular weight is 458 g/mol. The minimum Gasteiger partial charge on any atom is -0.481 e. The summed E-state index contributed by atoms with van der Waals surface area (Å²) in [5, 5.41) is 8.73. The lowest BCUT2D eigenvalue weighted by atomic mass is 10.0. The molecular weight excluding hydrogens is 431 g/mol. The van der Waals surface area contributed by atoms with E-state index in [0.29, 0.717) is 31.7 Å². The summed E-state index contributed by atoms with van der Waals surface area (Å²) in [7, 11) is -4.04. The van der Waals surface area contributed by atoms with Crippen molar-refractivity contribution in [2.75, 3.05) is 13.1 Å². The second-order valence-electron chi connectivity index (χ2n) is 7.24. The fourth-order valence-electron chi connectivity index (χ4n) is 3.17. The van der Waals surface area contributed by atoms with Gasteiger partial charge in [0.1, 0.15) is 0 Å². The Hall–Kier alpha value is -2.39. The third-order valence-electron chi connectivity index (χ3n) is 4.80. The Kier molecular flexibility index (Phi) is 8.64. The van der Waals surface area contributed by atoms with Gasteiger partial charge >= 0.3 is 12.1 Å². The molecule has 0 saturated heterocycles. The van der Waals surface area contributed by atoms with Crippen molar-refractivity contribution in [3.63, 3.8) is 0 Å². The molecule has 0 spiro atoms. The lowest BCUT2D eigenvalue weighted by molar-refractivity contribution is -0.138. The molecule has 0 radical (unpaired) electrons. The van der Waals surface area contributed by atoms with Crippen molar-refractivity contribution in [3.8, 4) is 0 Å². The van der Waals surface area contributed by atoms with Crippen LogP contribution in [-0.4, -0.2) is 36.9 Å². The van der Waals surface area contributed by atoms with Gasteiger partial charge in [-0.1, -0.05) is 37.3 Å². The number of carboxylic acids is 1. The zero-order valence-corrected chi connectivity index (χ0v) is 18.0. The van der Waals surface area contributed by atoms with Gasteiger partial charge < -0.3 is 5.11 Å². The Bertz CT molecular complexity index is 973. The second kappa shape index (κ2) is 10.8. The van der Waals surface area contributed by atoms with Gasteiger partial charge in [0.25, 0.3) is 0 Å². The van der Waals surface area contributed by atoms with Crippen LogP contribution < -0.4 is 0 Å². The zero-order chi connectivity index (χ0) is 23.1. The van der Waals surface area contributed by atoms with Crippen molar-refractivity contribution < 1.29 is 31.5 Å². The van der Waals surface area contributed by atoms with Crippen molar-refractivity contribution in [2.24, 2.45) is 0 Å². The van der Waals surface area contributed by atoms with Crippen LogP contribution in [0.25, 0.3) is 0 Å². The summed E-state index contributed by atoms with van der Waals surface area (Å²) >= 11 is 0. The molecule has 170 valence electrons. The molecule has 0 amide bonds. The van der Waals surface area contributed by atoms with E-state index in [-0.39, 0.29) is 24.4 Å². The van der Waals surface area contributed by atoms with E-state index >= 15 is 0 Å². The number of carbonyl (C=O) groups is 1. The smallest absolute Gasteiger partial charge is 0.416 e. The number of nitrogens with zero attached hydrogens (tertiary/aromatic N) is 1. The molecule has 31 heavy (non-hydrogen) atoms. The van der Waals surface area contributed by atoms with Crippen LogP contribution in [0, 0.1) is 0 Å². The summed E-state index contributed by atoms with van der Waals surface area (Å²) in [5.41, 5.74) is 0.894. The minimum atomic E-state index is -4.61. The predicted molar refractivity (Wildman–Crippen MR) is 111 cm³/mol. The maximum absolute atomic E-state index is 13.0. The van der Waals surface area contributed by atoms with Crippen molar-refractivity contribution in [3.05, 3.63) is 65.2 Å². The molecular formula is C22H26F3NO4S. The van der Waals surface area contributed by atoms with Crippen LogP contribution in [0.2, 0.25) is 0 Å². The number of alkyl halides is 3. The van der Waals surface area contributed by atoms with Gasteiger partial charge in [-0.25, -0.2) is 8.42 Å². The van der Waals surface area contributed by atoms with Gasteiger partial charge in [-0.05, 0) is 55.0 Å². The molecule has 1 N–H and O–H groups in total. The summed E-state index contributed by atoms with van der Waals surface area (Å²) in [6, 6.07) is 11.3. The van der Waals surface area contributed by atoms with Crippen molar-refractivity contribution in [2.45, 2.75) is 50.1 Å². The Morgan fingerprint density at radius 2 is 1.61 bits per heavy atom. The molecule has 2 aromatic rings. The van der Waals surface area contributed by atoms with Crippen LogP contribution in [0.5, 0.6) is 0 Å². The Morgan fingerprint density at radius 1 is 1.00 bits per heavy atom. The molecule has 2 rings (SSSR count). The summed E-state index contributed by atoms with van der Waals surface area (Å²) in [6.07, 6.45) is -2.48. The summed E-state index contributed by atoms with van der Waals surface area (Å²) in [4.78, 5) is 10.3. The van der Waals surface area contributed by atoms with Gasteiger partial charge in [-0.2, -0.15) is 17.5 Å². The fraction of sp³-hybridized carbons (Fsp3) is 0.409. The number of sulfonamides is 1. The van der Waals surface area contributed by atoms with Crippen LogP contribution >= 0.6 is 0 Å². The maximum atomic E-state index is 13.0. The van der Waals surface area contributed by atoms with Gasteiger partial charge in [0.15, 0.2) is 0 Å². The molecule has 0 aliphatic rings. The molecule has 5 nitrogen and oxygen atoms in total. The van der Waals surface area contributed by atoms with Crippen molar-refractivity contribution in [1.82, 2.24) is 4.31 Å². The molecule has 0 aromatic heterocycles. The van der Waals surface area contributed by atoms with E-state index in [1.165, 1.54) is 10.4 Å². The van der Waals surface area contributed by atoms with E-state index in [0.717, 1.165) is 23.3 Å². The highest BCUT2D eigenvalue weighted by Crippen LogP contribution is 2.31. The molecule has 0 bridgehead atoms. The summed E-state index contributed by atoms with van der Waals surface area (Å²) in [6.45, 7) is 2.21. The van der Waals surface area contributed by atoms with E-state index in [1.54, 1.807) is 0 Å². The Labute approximate surface area is 180 Å². The van der Waals surface area contributed by atoms with E-state index in [1.807, 2.05) is 31.2 Å². The third-order valence-corrected chi connectivity index (χ3v) is 6.69. The molecule has 0 heterocycles. The van der Waals surface area contributed by atoms with E-state index < -0.39 is 27.7 Å². The van der Waals surface area contributed by atoms with Gasteiger partial charge in [0.05, 0.1) is 10.5 Å². The zero-order valence-electron chi connectivity index (χ0n) is 17.2. The minimum absolute atomic E-state index is 0.0543. The van der Waals surface area contributed by atoms with Crippen LogP contribution in [0.4, 0.5) is 13.2 Å². The number of rotatable bonds is 11. The van der Waals surface area contributed by atoms with E-state index in [9.17, 15) is 26.4 Å². The molecule has 0 saturated carbocycles. The first-order valence-corrected chi connectivity index (χ1v) is 11.4. The molecule has 0 aliphatic heterocycles. The first-order valence-electron chi connectivity index (χ1n) is 10.0. The maximum Gasteiger partial charge on any atom is 0.416 e. The molecule has 0 aliphatic carbocycles. The number of aliphatic carboxylic acids is 1. The molecule has 0 fully saturated rings. The first kappa shape index (κ1) is 24.9. The van der Waals surface area contributed by atoms with Crippen molar-refractivity contribution >= 4 is 16.0 Å². The first-order chi connectivity index (χ1) is 14.5. The normalized spacial score (nSPS) is 12.3. The molecule has 9 heteroatoms. The Morgan fingerprint density at radius 3 is 2.16 bits per heavy atom. The number of aryl methyl sites for hydroxylation is 2. The molecule has 2 aromatic carbocycles. The van der Waals surface area contributed by atoms with E-state index in [4.69, 9.17) is 5.11 Å². The average Bonchev–Trinajstić information content (AvgIpc) is 2.72. The lowest BCUT2D eigenvalue weighted by Crippen LogP contribution is -2.33. The summed E-state index contributed by atoms with van der Waals surface area (Å²) < 4.78 is 66.0. The molecule has 0 atom stereocenters. The highest BCUT2D eigenvalue weighted by Gasteiger charge is 2.32. The SMILES string of the molecule is CCCN(CCCc1ccc(CCC(=O)O)cc1)S(=O)(=O)c1cccc(C(F)(F)F)c1. The lowest BCUT2D eigenvalue weighted by Gasteiger charge is -2.22. The number of carboxylic acid groups (broad SMARTS) is 1. The van der Waals surface area contributed by atoms with Gasteiger partial charge in [0, 0.05) is 19.5 Å². The summed E-state index contributed by atoms with van der Waals surface area (Å²) in [5.74, 6) is -0.859. The van der Waals surface area contributed by atoms with Crippen LogP contribution in [0.15, 0.2) is 53.4 Å². The largest absolute Gasteiger partial charge is 0.481 e. The standard InChI is InChI=1S/C22H26F3NO4S/c1-2-14-26(31(29,30)20-7-3-6-19(16-20)22(23,24)25)15-4-5-17-8-10-18(11-9-17)12-13-21(27)28/h3,6-11,16H,2,4-5,12-15H2,1H3,(H,27,28). The van der Waals surface area contributed by atoms with Crippen LogP contribution in [0.1, 0.15) is 42.9 Å². The van der Waals surface area contributed by atoms with E-state index in [2.05, 4.69) is 0 Å². The van der Waals surface area contributed by atoms with Gasteiger partial charge in [-0.3, -0.25) is 4.79 Å². The number of hydrogen-bond acceptors (Lipinski definition) is 3. The van der Waals surface area contributed by atoms with Crippen LogP contribution in [0.3, 0.4) is 0 Å². The van der Waals surface area contributed by atoms with Crippen molar-refractivity contribution in [1.29, 1.82) is 0 Å². The second-order valence-corrected chi connectivity index (χ2v) is 9.18. The highest BCUT2D eigenvalue weighted by molar-refractivity contribution is 7.89. The quantitative estimate of drug-likeness (QED) is 0.528. The van der Waals surface area contributed by atoms with Crippen LogP contribution in [-0.2, 0) is 33.8 Å². The molecule has 0 unspecified atom stereocenters. The fourth-order valence-corrected chi connectivity index (χ4v) is 4.78. The highest BCUT2D eigenvalue weighted by atomic mass is 32.2.